The van der Waals surface area contributed by atoms with Gasteiger partial charge in [-0.1, -0.05) is 0 Å². The van der Waals surface area contributed by atoms with Crippen molar-refractivity contribution in [1.82, 2.24) is 9.80 Å². The SMILES string of the molecule is COCCCN(C)C(=O)c1ccc(N2CCN(C(C)=O)CC2)c([N+](=O)[O-])c1. The summed E-state index contributed by atoms with van der Waals surface area (Å²) < 4.78 is 4.98. The number of nitro groups is 1. The average molecular weight is 378 g/mol. The maximum atomic E-state index is 12.5. The number of nitrogens with zero attached hydrogens (tertiary/aromatic N) is 4. The largest absolute Gasteiger partial charge is 0.385 e. The molecule has 9 nitrogen and oxygen atoms in total. The molecule has 27 heavy (non-hydrogen) atoms. The van der Waals surface area contributed by atoms with Crippen molar-refractivity contribution in [2.45, 2.75) is 13.3 Å². The summed E-state index contributed by atoms with van der Waals surface area (Å²) in [5.41, 5.74) is 0.664. The molecule has 0 aliphatic carbocycles. The van der Waals surface area contributed by atoms with Crippen LogP contribution in [0.2, 0.25) is 0 Å². The number of amides is 2. The highest BCUT2D eigenvalue weighted by Gasteiger charge is 2.26. The van der Waals surface area contributed by atoms with E-state index in [1.54, 1.807) is 31.2 Å². The van der Waals surface area contributed by atoms with Crippen LogP contribution in [0.5, 0.6) is 0 Å². The molecule has 2 rings (SSSR count). The summed E-state index contributed by atoms with van der Waals surface area (Å²) in [6.07, 6.45) is 0.694. The smallest absolute Gasteiger partial charge is 0.293 e. The minimum atomic E-state index is -0.464. The molecule has 1 heterocycles. The van der Waals surface area contributed by atoms with E-state index in [9.17, 15) is 19.7 Å². The molecule has 0 spiro atoms. The van der Waals surface area contributed by atoms with Crippen LogP contribution in [-0.4, -0.2) is 80.0 Å². The van der Waals surface area contributed by atoms with Gasteiger partial charge in [0.15, 0.2) is 0 Å². The molecule has 0 N–H and O–H groups in total. The Hall–Kier alpha value is -2.68. The Bertz CT molecular complexity index is 701. The molecule has 1 saturated heterocycles. The number of methoxy groups -OCH3 is 1. The lowest BCUT2D eigenvalue weighted by molar-refractivity contribution is -0.384. The number of hydrogen-bond donors (Lipinski definition) is 0. The summed E-state index contributed by atoms with van der Waals surface area (Å²) >= 11 is 0. The van der Waals surface area contributed by atoms with Crippen LogP contribution in [0.1, 0.15) is 23.7 Å². The number of hydrogen-bond acceptors (Lipinski definition) is 6. The summed E-state index contributed by atoms with van der Waals surface area (Å²) in [6.45, 7) is 4.65. The number of piperazine rings is 1. The van der Waals surface area contributed by atoms with Crippen molar-refractivity contribution < 1.29 is 19.2 Å². The monoisotopic (exact) mass is 378 g/mol. The van der Waals surface area contributed by atoms with Gasteiger partial charge in [-0.2, -0.15) is 0 Å². The number of carbonyl (C=O) groups is 2. The number of nitro benzene ring substituents is 1. The number of rotatable bonds is 7. The number of ether oxygens (including phenoxy) is 1. The molecule has 148 valence electrons. The molecule has 0 saturated carbocycles. The van der Waals surface area contributed by atoms with Gasteiger partial charge in [0.2, 0.25) is 5.91 Å². The fraction of sp³-hybridized carbons (Fsp3) is 0.556. The Kier molecular flexibility index (Phi) is 7.12. The minimum Gasteiger partial charge on any atom is -0.385 e. The van der Waals surface area contributed by atoms with Gasteiger partial charge >= 0.3 is 0 Å². The van der Waals surface area contributed by atoms with Crippen molar-refractivity contribution in [3.05, 3.63) is 33.9 Å². The zero-order valence-corrected chi connectivity index (χ0v) is 16.0. The normalized spacial score (nSPS) is 14.2. The van der Waals surface area contributed by atoms with E-state index in [1.165, 1.54) is 17.9 Å². The van der Waals surface area contributed by atoms with E-state index < -0.39 is 4.92 Å². The molecular formula is C18H26N4O5. The molecule has 0 radical (unpaired) electrons. The topological polar surface area (TPSA) is 96.2 Å². The number of anilines is 1. The molecule has 0 aromatic heterocycles. The first-order valence-electron chi connectivity index (χ1n) is 8.88. The zero-order valence-electron chi connectivity index (χ0n) is 16.0. The Balaban J connectivity index is 2.16. The van der Waals surface area contributed by atoms with Crippen molar-refractivity contribution in [3.63, 3.8) is 0 Å². The fourth-order valence-corrected chi connectivity index (χ4v) is 3.10. The Labute approximate surface area is 158 Å². The van der Waals surface area contributed by atoms with E-state index in [-0.39, 0.29) is 23.1 Å². The second kappa shape index (κ2) is 9.31. The Morgan fingerprint density at radius 1 is 1.26 bits per heavy atom. The summed E-state index contributed by atoms with van der Waals surface area (Å²) in [5, 5.41) is 11.6. The van der Waals surface area contributed by atoms with Gasteiger partial charge in [0.1, 0.15) is 5.69 Å². The predicted molar refractivity (Wildman–Crippen MR) is 101 cm³/mol. The molecule has 1 aliphatic rings. The van der Waals surface area contributed by atoms with Gasteiger partial charge in [0.05, 0.1) is 4.92 Å². The maximum absolute atomic E-state index is 12.5. The van der Waals surface area contributed by atoms with Gasteiger partial charge in [0.25, 0.3) is 11.6 Å². The third-order valence-electron chi connectivity index (χ3n) is 4.67. The Morgan fingerprint density at radius 3 is 2.48 bits per heavy atom. The van der Waals surface area contributed by atoms with Gasteiger partial charge in [0, 0.05) is 72.0 Å². The van der Waals surface area contributed by atoms with Crippen LogP contribution in [-0.2, 0) is 9.53 Å². The van der Waals surface area contributed by atoms with Crippen molar-refractivity contribution in [2.24, 2.45) is 0 Å². The van der Waals surface area contributed by atoms with Gasteiger partial charge in [-0.3, -0.25) is 19.7 Å². The van der Waals surface area contributed by atoms with Crippen molar-refractivity contribution in [1.29, 1.82) is 0 Å². The van der Waals surface area contributed by atoms with Crippen molar-refractivity contribution in [3.8, 4) is 0 Å². The quantitative estimate of drug-likeness (QED) is 0.404. The summed E-state index contributed by atoms with van der Waals surface area (Å²) in [7, 11) is 3.26. The molecule has 9 heteroatoms. The Morgan fingerprint density at radius 2 is 1.93 bits per heavy atom. The van der Waals surface area contributed by atoms with Gasteiger partial charge < -0.3 is 19.4 Å². The molecule has 0 unspecified atom stereocenters. The van der Waals surface area contributed by atoms with Gasteiger partial charge in [-0.15, -0.1) is 0 Å². The lowest BCUT2D eigenvalue weighted by Crippen LogP contribution is -2.48. The van der Waals surface area contributed by atoms with E-state index in [0.717, 1.165) is 0 Å². The van der Waals surface area contributed by atoms with Crippen LogP contribution >= 0.6 is 0 Å². The minimum absolute atomic E-state index is 0.00149. The van der Waals surface area contributed by atoms with E-state index in [0.29, 0.717) is 51.4 Å². The highest BCUT2D eigenvalue weighted by atomic mass is 16.6. The van der Waals surface area contributed by atoms with Gasteiger partial charge in [-0.25, -0.2) is 0 Å². The summed E-state index contributed by atoms with van der Waals surface area (Å²) in [6, 6.07) is 4.58. The molecule has 1 fully saturated rings. The van der Waals surface area contributed by atoms with Crippen LogP contribution in [0.15, 0.2) is 18.2 Å². The molecule has 0 bridgehead atoms. The van der Waals surface area contributed by atoms with Crippen molar-refractivity contribution >= 4 is 23.2 Å². The third kappa shape index (κ3) is 5.16. The molecule has 1 aliphatic heterocycles. The van der Waals surface area contributed by atoms with E-state index in [2.05, 4.69) is 0 Å². The first kappa shape index (κ1) is 20.6. The second-order valence-electron chi connectivity index (χ2n) is 6.53. The van der Waals surface area contributed by atoms with Crippen LogP contribution in [0.3, 0.4) is 0 Å². The van der Waals surface area contributed by atoms with Gasteiger partial charge in [-0.05, 0) is 18.6 Å². The van der Waals surface area contributed by atoms with Crippen molar-refractivity contribution in [2.75, 3.05) is 58.4 Å². The predicted octanol–water partition coefficient (Wildman–Crippen LogP) is 1.37. The maximum Gasteiger partial charge on any atom is 0.293 e. The molecular weight excluding hydrogens is 352 g/mol. The number of benzene rings is 1. The van der Waals surface area contributed by atoms with Crippen LogP contribution in [0.4, 0.5) is 11.4 Å². The molecule has 0 atom stereocenters. The lowest BCUT2D eigenvalue weighted by atomic mass is 10.1. The average Bonchev–Trinajstić information content (AvgIpc) is 2.67. The zero-order chi connectivity index (χ0) is 20.0. The van der Waals surface area contributed by atoms with Crippen LogP contribution < -0.4 is 4.90 Å². The van der Waals surface area contributed by atoms with Crippen LogP contribution in [0.25, 0.3) is 0 Å². The first-order valence-corrected chi connectivity index (χ1v) is 8.88. The van der Waals surface area contributed by atoms with E-state index >= 15 is 0 Å². The molecule has 1 aromatic carbocycles. The second-order valence-corrected chi connectivity index (χ2v) is 6.53. The molecule has 1 aromatic rings. The standard InChI is InChI=1S/C18H26N4O5/c1-14(23)20-8-10-21(11-9-20)16-6-5-15(13-17(16)22(25)26)18(24)19(2)7-4-12-27-3/h5-6,13H,4,7-12H2,1-3H3. The third-order valence-corrected chi connectivity index (χ3v) is 4.67. The van der Waals surface area contributed by atoms with Crippen LogP contribution in [0, 0.1) is 10.1 Å². The summed E-state index contributed by atoms with van der Waals surface area (Å²) in [5.74, 6) is -0.260. The van der Waals surface area contributed by atoms with E-state index in [4.69, 9.17) is 4.74 Å². The first-order chi connectivity index (χ1) is 12.8. The summed E-state index contributed by atoms with van der Waals surface area (Å²) in [4.78, 5) is 40.2. The highest BCUT2D eigenvalue weighted by Crippen LogP contribution is 2.30. The fourth-order valence-electron chi connectivity index (χ4n) is 3.10. The lowest BCUT2D eigenvalue weighted by Gasteiger charge is -2.35. The highest BCUT2D eigenvalue weighted by molar-refractivity contribution is 5.95. The molecule has 2 amide bonds. The number of carbonyl (C=O) groups excluding carboxylic acids is 2. The van der Waals surface area contributed by atoms with E-state index in [1.807, 2.05) is 4.90 Å².